The Kier molecular flexibility index (Phi) is 4.39. The van der Waals surface area contributed by atoms with Crippen molar-refractivity contribution in [3.63, 3.8) is 0 Å². The molecular formula is C12H25NO. The maximum absolute atomic E-state index is 9.53. The van der Waals surface area contributed by atoms with E-state index in [9.17, 15) is 5.11 Å². The quantitative estimate of drug-likeness (QED) is 0.712. The molecule has 0 aromatic heterocycles. The molecule has 2 nitrogen and oxygen atoms in total. The highest BCUT2D eigenvalue weighted by atomic mass is 16.3. The molecule has 0 heterocycles. The minimum Gasteiger partial charge on any atom is -0.394 e. The van der Waals surface area contributed by atoms with E-state index in [4.69, 9.17) is 0 Å². The summed E-state index contributed by atoms with van der Waals surface area (Å²) in [6, 6.07) is 0.507. The van der Waals surface area contributed by atoms with Crippen molar-refractivity contribution in [2.75, 3.05) is 6.61 Å². The highest BCUT2D eigenvalue weighted by molar-refractivity contribution is 4.93. The van der Waals surface area contributed by atoms with Crippen LogP contribution in [0.3, 0.4) is 0 Å². The Balaban J connectivity index is 2.54. The number of hydrogen-bond donors (Lipinski definition) is 2. The van der Waals surface area contributed by atoms with E-state index >= 15 is 0 Å². The zero-order chi connectivity index (χ0) is 10.6. The molecule has 1 aliphatic carbocycles. The molecule has 2 atom stereocenters. The van der Waals surface area contributed by atoms with Gasteiger partial charge in [0.15, 0.2) is 0 Å². The van der Waals surface area contributed by atoms with Crippen LogP contribution in [0, 0.1) is 5.92 Å². The smallest absolute Gasteiger partial charge is 0.0613 e. The Morgan fingerprint density at radius 2 is 2.00 bits per heavy atom. The van der Waals surface area contributed by atoms with Crippen molar-refractivity contribution < 1.29 is 5.11 Å². The van der Waals surface area contributed by atoms with Gasteiger partial charge in [-0.3, -0.25) is 0 Å². The zero-order valence-corrected chi connectivity index (χ0v) is 9.84. The number of hydrogen-bond acceptors (Lipinski definition) is 2. The molecule has 0 aliphatic heterocycles. The maximum atomic E-state index is 9.53. The summed E-state index contributed by atoms with van der Waals surface area (Å²) >= 11 is 0. The monoisotopic (exact) mass is 199 g/mol. The lowest BCUT2D eigenvalue weighted by atomic mass is 9.84. The average Bonchev–Trinajstić information content (AvgIpc) is 2.70. The van der Waals surface area contributed by atoms with Crippen LogP contribution in [0.2, 0.25) is 0 Å². The minimum atomic E-state index is -0.0497. The Morgan fingerprint density at radius 3 is 2.43 bits per heavy atom. The zero-order valence-electron chi connectivity index (χ0n) is 9.84. The van der Waals surface area contributed by atoms with Crippen LogP contribution in [0.1, 0.15) is 52.9 Å². The predicted octanol–water partition coefficient (Wildman–Crippen LogP) is 2.32. The lowest BCUT2D eigenvalue weighted by Crippen LogP contribution is -2.54. The van der Waals surface area contributed by atoms with Crippen LogP contribution >= 0.6 is 0 Å². The summed E-state index contributed by atoms with van der Waals surface area (Å²) in [5.41, 5.74) is -0.0497. The lowest BCUT2D eigenvalue weighted by Gasteiger charge is -2.37. The first kappa shape index (κ1) is 12.0. The first-order chi connectivity index (χ1) is 6.62. The highest BCUT2D eigenvalue weighted by Crippen LogP contribution is 2.34. The Hall–Kier alpha value is -0.0800. The number of rotatable bonds is 5. The summed E-state index contributed by atoms with van der Waals surface area (Å²) in [6.45, 7) is 6.82. The fourth-order valence-corrected chi connectivity index (χ4v) is 2.52. The van der Waals surface area contributed by atoms with E-state index in [0.717, 1.165) is 6.42 Å². The molecule has 1 aliphatic rings. The van der Waals surface area contributed by atoms with Crippen molar-refractivity contribution >= 4 is 0 Å². The molecule has 1 fully saturated rings. The van der Waals surface area contributed by atoms with Gasteiger partial charge in [0, 0.05) is 11.6 Å². The van der Waals surface area contributed by atoms with Gasteiger partial charge < -0.3 is 10.4 Å². The molecule has 2 unspecified atom stereocenters. The van der Waals surface area contributed by atoms with Gasteiger partial charge in [-0.15, -0.1) is 0 Å². The van der Waals surface area contributed by atoms with Gasteiger partial charge in [-0.1, -0.05) is 19.8 Å². The summed E-state index contributed by atoms with van der Waals surface area (Å²) in [6.07, 6.45) is 6.36. The van der Waals surface area contributed by atoms with Crippen molar-refractivity contribution in [3.05, 3.63) is 0 Å². The lowest BCUT2D eigenvalue weighted by molar-refractivity contribution is 0.109. The van der Waals surface area contributed by atoms with E-state index in [2.05, 4.69) is 26.1 Å². The number of aliphatic hydroxyl groups is 1. The second-order valence-electron chi connectivity index (χ2n) is 5.01. The molecule has 0 bridgehead atoms. The molecule has 84 valence electrons. The van der Waals surface area contributed by atoms with Gasteiger partial charge in [0.2, 0.25) is 0 Å². The normalized spacial score (nSPS) is 24.9. The molecule has 1 rings (SSSR count). The second-order valence-corrected chi connectivity index (χ2v) is 5.01. The van der Waals surface area contributed by atoms with E-state index in [-0.39, 0.29) is 12.1 Å². The van der Waals surface area contributed by atoms with Crippen LogP contribution in [0.25, 0.3) is 0 Å². The SMILES string of the molecule is CCC(C)NC(C)(CO)C1CCCC1. The van der Waals surface area contributed by atoms with Crippen molar-refractivity contribution in [1.82, 2.24) is 5.32 Å². The third kappa shape index (κ3) is 2.71. The standard InChI is InChI=1S/C12H25NO/c1-4-10(2)13-12(3,9-14)11-7-5-6-8-11/h10-11,13-14H,4-9H2,1-3H3. The van der Waals surface area contributed by atoms with Crippen LogP contribution < -0.4 is 5.32 Å². The van der Waals surface area contributed by atoms with Crippen molar-refractivity contribution in [3.8, 4) is 0 Å². The third-order valence-electron chi connectivity index (χ3n) is 3.77. The average molecular weight is 199 g/mol. The van der Waals surface area contributed by atoms with E-state index in [1.807, 2.05) is 0 Å². The van der Waals surface area contributed by atoms with E-state index < -0.39 is 0 Å². The molecule has 0 radical (unpaired) electrons. The van der Waals surface area contributed by atoms with Crippen molar-refractivity contribution in [2.45, 2.75) is 64.5 Å². The van der Waals surface area contributed by atoms with Crippen LogP contribution in [0.15, 0.2) is 0 Å². The fourth-order valence-electron chi connectivity index (χ4n) is 2.52. The van der Waals surface area contributed by atoms with Gasteiger partial charge in [0.1, 0.15) is 0 Å². The van der Waals surface area contributed by atoms with Gasteiger partial charge in [0.05, 0.1) is 6.61 Å². The number of nitrogens with one attached hydrogen (secondary N) is 1. The molecule has 1 saturated carbocycles. The third-order valence-corrected chi connectivity index (χ3v) is 3.77. The molecule has 0 amide bonds. The van der Waals surface area contributed by atoms with Crippen LogP contribution in [-0.4, -0.2) is 23.3 Å². The Labute approximate surface area is 88.1 Å². The predicted molar refractivity (Wildman–Crippen MR) is 60.3 cm³/mol. The van der Waals surface area contributed by atoms with E-state index in [1.165, 1.54) is 25.7 Å². The molecule has 0 aromatic carbocycles. The first-order valence-electron chi connectivity index (χ1n) is 6.01. The molecule has 14 heavy (non-hydrogen) atoms. The molecular weight excluding hydrogens is 174 g/mol. The largest absolute Gasteiger partial charge is 0.394 e. The Morgan fingerprint density at radius 1 is 1.43 bits per heavy atom. The van der Waals surface area contributed by atoms with Gasteiger partial charge in [-0.25, -0.2) is 0 Å². The summed E-state index contributed by atoms with van der Waals surface area (Å²) < 4.78 is 0. The van der Waals surface area contributed by atoms with Crippen LogP contribution in [0.5, 0.6) is 0 Å². The molecule has 2 heteroatoms. The van der Waals surface area contributed by atoms with Crippen LogP contribution in [0.4, 0.5) is 0 Å². The van der Waals surface area contributed by atoms with Gasteiger partial charge in [0.25, 0.3) is 0 Å². The second kappa shape index (κ2) is 5.13. The first-order valence-corrected chi connectivity index (χ1v) is 6.01. The summed E-state index contributed by atoms with van der Waals surface area (Å²) in [4.78, 5) is 0. The number of aliphatic hydroxyl groups excluding tert-OH is 1. The maximum Gasteiger partial charge on any atom is 0.0613 e. The summed E-state index contributed by atoms with van der Waals surface area (Å²) in [5.74, 6) is 0.668. The topological polar surface area (TPSA) is 32.3 Å². The Bertz CT molecular complexity index is 166. The molecule has 0 spiro atoms. The highest BCUT2D eigenvalue weighted by Gasteiger charge is 2.35. The van der Waals surface area contributed by atoms with Gasteiger partial charge in [-0.2, -0.15) is 0 Å². The van der Waals surface area contributed by atoms with Gasteiger partial charge >= 0.3 is 0 Å². The summed E-state index contributed by atoms with van der Waals surface area (Å²) in [7, 11) is 0. The summed E-state index contributed by atoms with van der Waals surface area (Å²) in [5, 5.41) is 13.1. The van der Waals surface area contributed by atoms with E-state index in [1.54, 1.807) is 0 Å². The van der Waals surface area contributed by atoms with Gasteiger partial charge in [-0.05, 0) is 39.0 Å². The van der Waals surface area contributed by atoms with E-state index in [0.29, 0.717) is 12.0 Å². The molecule has 0 saturated heterocycles. The molecule has 0 aromatic rings. The molecule has 2 N–H and O–H groups in total. The van der Waals surface area contributed by atoms with Crippen molar-refractivity contribution in [1.29, 1.82) is 0 Å². The van der Waals surface area contributed by atoms with Crippen molar-refractivity contribution in [2.24, 2.45) is 5.92 Å². The fraction of sp³-hybridized carbons (Fsp3) is 1.00. The van der Waals surface area contributed by atoms with Crippen LogP contribution in [-0.2, 0) is 0 Å². The minimum absolute atomic E-state index is 0.0497.